The van der Waals surface area contributed by atoms with E-state index >= 15 is 0 Å². The molecule has 158 valence electrons. The molecule has 0 fully saturated rings. The van der Waals surface area contributed by atoms with Crippen molar-refractivity contribution in [2.24, 2.45) is 0 Å². The van der Waals surface area contributed by atoms with Gasteiger partial charge in [-0.2, -0.15) is 0 Å². The summed E-state index contributed by atoms with van der Waals surface area (Å²) in [6, 6.07) is 15.5. The van der Waals surface area contributed by atoms with Gasteiger partial charge in [-0.3, -0.25) is 0 Å². The van der Waals surface area contributed by atoms with Crippen molar-refractivity contribution in [3.8, 4) is 21.7 Å². The maximum atomic E-state index is 4.68. The molecule has 0 radical (unpaired) electrons. The second-order valence-corrected chi connectivity index (χ2v) is 9.42. The van der Waals surface area contributed by atoms with Crippen molar-refractivity contribution in [2.45, 2.75) is 13.8 Å². The molecule has 0 aliphatic carbocycles. The van der Waals surface area contributed by atoms with Crippen molar-refractivity contribution in [1.29, 1.82) is 0 Å². The van der Waals surface area contributed by atoms with Crippen molar-refractivity contribution in [1.82, 2.24) is 29.9 Å². The Balaban J connectivity index is 1.43. The van der Waals surface area contributed by atoms with Gasteiger partial charge in [-0.05, 0) is 53.9 Å². The van der Waals surface area contributed by atoms with Crippen LogP contribution in [0.1, 0.15) is 11.6 Å². The van der Waals surface area contributed by atoms with Crippen molar-refractivity contribution in [3.05, 3.63) is 72.8 Å². The molecule has 7 heteroatoms. The molecule has 0 amide bonds. The molecule has 0 saturated carbocycles. The Hall–Kier alpha value is -4.10. The summed E-state index contributed by atoms with van der Waals surface area (Å²) < 4.78 is 1.25. The Morgan fingerprint density at radius 3 is 2.52 bits per heavy atom. The molecule has 0 aliphatic rings. The summed E-state index contributed by atoms with van der Waals surface area (Å²) >= 11 is 1.78. The van der Waals surface area contributed by atoms with Gasteiger partial charge < -0.3 is 9.97 Å². The number of aryl methyl sites for hydroxylation is 2. The molecule has 6 nitrogen and oxygen atoms in total. The van der Waals surface area contributed by atoms with Crippen molar-refractivity contribution < 1.29 is 0 Å². The number of nitrogens with zero attached hydrogens (tertiary/aromatic N) is 4. The third-order valence-electron chi connectivity index (χ3n) is 6.16. The molecule has 33 heavy (non-hydrogen) atoms. The quantitative estimate of drug-likeness (QED) is 0.295. The number of imidazole rings is 2. The fourth-order valence-corrected chi connectivity index (χ4v) is 5.69. The molecule has 2 N–H and O–H groups in total. The van der Waals surface area contributed by atoms with E-state index in [4.69, 9.17) is 0 Å². The van der Waals surface area contributed by atoms with E-state index in [0.717, 1.165) is 55.6 Å². The molecular formula is C26H18N6S. The molecule has 4 heterocycles. The highest BCUT2D eigenvalue weighted by Gasteiger charge is 2.14. The van der Waals surface area contributed by atoms with Crippen molar-refractivity contribution in [2.75, 3.05) is 0 Å². The van der Waals surface area contributed by atoms with Crippen LogP contribution in [0.25, 0.3) is 64.5 Å². The Labute approximate surface area is 192 Å². The van der Waals surface area contributed by atoms with Gasteiger partial charge in [-0.25, -0.2) is 19.9 Å². The average molecular weight is 447 g/mol. The van der Waals surface area contributed by atoms with Gasteiger partial charge in [0.05, 0.1) is 22.3 Å². The summed E-state index contributed by atoms with van der Waals surface area (Å²) in [6.07, 6.45) is 5.37. The fourth-order valence-electron chi connectivity index (χ4n) is 4.63. The molecule has 0 saturated heterocycles. The van der Waals surface area contributed by atoms with Crippen molar-refractivity contribution >= 4 is 54.1 Å². The molecule has 0 aliphatic heterocycles. The molecular weight excluding hydrogens is 428 g/mol. The predicted octanol–water partition coefficient (Wildman–Crippen LogP) is 6.55. The third-order valence-corrected chi connectivity index (χ3v) is 7.29. The second kappa shape index (κ2) is 6.70. The number of thiophene rings is 1. The van der Waals surface area contributed by atoms with Gasteiger partial charge in [0.2, 0.25) is 0 Å². The smallest absolute Gasteiger partial charge is 0.116 e. The van der Waals surface area contributed by atoms with E-state index in [1.54, 1.807) is 17.7 Å². The SMILES string of the molecule is Cc1ncc(-c2cc3ccc(-c4ccc5c(c4)c4cncnc4c4nc(C)[nH]c54)cc3s2)[nH]1. The zero-order chi connectivity index (χ0) is 22.1. The van der Waals surface area contributed by atoms with Crippen LogP contribution in [0.5, 0.6) is 0 Å². The topological polar surface area (TPSA) is 83.1 Å². The van der Waals surface area contributed by atoms with Gasteiger partial charge in [-0.1, -0.05) is 24.3 Å². The first kappa shape index (κ1) is 18.5. The molecule has 7 rings (SSSR count). The minimum atomic E-state index is 0.877. The Morgan fingerprint density at radius 2 is 1.64 bits per heavy atom. The summed E-state index contributed by atoms with van der Waals surface area (Å²) in [7, 11) is 0. The van der Waals surface area contributed by atoms with E-state index in [0.29, 0.717) is 0 Å². The first-order chi connectivity index (χ1) is 16.1. The molecule has 0 unspecified atom stereocenters. The van der Waals surface area contributed by atoms with Crippen LogP contribution < -0.4 is 0 Å². The minimum Gasteiger partial charge on any atom is -0.342 e. The van der Waals surface area contributed by atoms with E-state index < -0.39 is 0 Å². The molecule has 0 spiro atoms. The summed E-state index contributed by atoms with van der Waals surface area (Å²) in [5.74, 6) is 1.81. The van der Waals surface area contributed by atoms with Crippen LogP contribution >= 0.6 is 11.3 Å². The maximum absolute atomic E-state index is 4.68. The first-order valence-corrected chi connectivity index (χ1v) is 11.5. The Morgan fingerprint density at radius 1 is 0.758 bits per heavy atom. The summed E-state index contributed by atoms with van der Waals surface area (Å²) in [5.41, 5.74) is 6.20. The maximum Gasteiger partial charge on any atom is 0.116 e. The number of H-pyrrole nitrogens is 2. The van der Waals surface area contributed by atoms with E-state index in [-0.39, 0.29) is 0 Å². The monoisotopic (exact) mass is 446 g/mol. The van der Waals surface area contributed by atoms with Crippen LogP contribution in [0.3, 0.4) is 0 Å². The lowest BCUT2D eigenvalue weighted by atomic mass is 9.98. The van der Waals surface area contributed by atoms with Gasteiger partial charge in [0.25, 0.3) is 0 Å². The largest absolute Gasteiger partial charge is 0.342 e. The lowest BCUT2D eigenvalue weighted by Gasteiger charge is -2.08. The Kier molecular flexibility index (Phi) is 3.75. The van der Waals surface area contributed by atoms with Crippen LogP contribution in [0.2, 0.25) is 0 Å². The normalized spacial score (nSPS) is 11.9. The highest BCUT2D eigenvalue weighted by atomic mass is 32.1. The Bertz CT molecular complexity index is 1860. The van der Waals surface area contributed by atoms with Gasteiger partial charge in [-0.15, -0.1) is 11.3 Å². The molecule has 7 aromatic rings. The number of nitrogens with one attached hydrogen (secondary N) is 2. The van der Waals surface area contributed by atoms with Gasteiger partial charge in [0.1, 0.15) is 29.0 Å². The molecule has 0 atom stereocenters. The highest BCUT2D eigenvalue weighted by Crippen LogP contribution is 2.38. The number of hydrogen-bond donors (Lipinski definition) is 2. The second-order valence-electron chi connectivity index (χ2n) is 8.34. The van der Waals surface area contributed by atoms with E-state index in [9.17, 15) is 0 Å². The van der Waals surface area contributed by atoms with Gasteiger partial charge in [0.15, 0.2) is 0 Å². The number of hydrogen-bond acceptors (Lipinski definition) is 5. The van der Waals surface area contributed by atoms with E-state index in [1.807, 2.05) is 26.2 Å². The average Bonchev–Trinajstić information content (AvgIpc) is 3.56. The number of rotatable bonds is 2. The minimum absolute atomic E-state index is 0.877. The van der Waals surface area contributed by atoms with E-state index in [2.05, 4.69) is 72.4 Å². The standard InChI is InChI=1S/C26H18N6S/c1-13-28-11-21(30-13)23-9-17-4-3-16(8-22(17)33-23)15-5-6-18-19(7-15)20-10-27-12-29-24(20)26-25(18)31-14(2)32-26/h3-12H,1-2H3,(H,28,30)(H,31,32). The fraction of sp³-hybridized carbons (Fsp3) is 0.0769. The third kappa shape index (κ3) is 2.79. The van der Waals surface area contributed by atoms with Crippen LogP contribution in [0.15, 0.2) is 61.2 Å². The lowest BCUT2D eigenvalue weighted by molar-refractivity contribution is 1.15. The van der Waals surface area contributed by atoms with Crippen molar-refractivity contribution in [3.63, 3.8) is 0 Å². The molecule has 4 aromatic heterocycles. The number of aromatic nitrogens is 6. The summed E-state index contributed by atoms with van der Waals surface area (Å²) in [6.45, 7) is 3.95. The number of benzene rings is 3. The van der Waals surface area contributed by atoms with Crippen LogP contribution in [0, 0.1) is 13.8 Å². The number of aromatic amines is 2. The molecule has 3 aromatic carbocycles. The van der Waals surface area contributed by atoms with Gasteiger partial charge in [0, 0.05) is 21.7 Å². The number of fused-ring (bicyclic) bond motifs is 7. The van der Waals surface area contributed by atoms with Gasteiger partial charge >= 0.3 is 0 Å². The van der Waals surface area contributed by atoms with Crippen LogP contribution in [0.4, 0.5) is 0 Å². The highest BCUT2D eigenvalue weighted by molar-refractivity contribution is 7.22. The summed E-state index contributed by atoms with van der Waals surface area (Å²) in [4.78, 5) is 25.8. The van der Waals surface area contributed by atoms with Crippen LogP contribution in [-0.4, -0.2) is 29.9 Å². The summed E-state index contributed by atoms with van der Waals surface area (Å²) in [5, 5.41) is 4.51. The van der Waals surface area contributed by atoms with E-state index in [1.165, 1.54) is 20.5 Å². The first-order valence-electron chi connectivity index (χ1n) is 10.7. The van der Waals surface area contributed by atoms with Crippen LogP contribution in [-0.2, 0) is 0 Å². The predicted molar refractivity (Wildman–Crippen MR) is 135 cm³/mol. The zero-order valence-electron chi connectivity index (χ0n) is 18.0. The lowest BCUT2D eigenvalue weighted by Crippen LogP contribution is -1.87. The molecule has 0 bridgehead atoms. The zero-order valence-corrected chi connectivity index (χ0v) is 18.8.